The van der Waals surface area contributed by atoms with Gasteiger partial charge in [0.05, 0.1) is 5.69 Å². The maximum Gasteiger partial charge on any atom is 0.248 e. The SMILES string of the molecule is Cc1cccn2cc(-c3ccc(NC(=O)C=Cc4ccccc4)cc3)nc12. The summed E-state index contributed by atoms with van der Waals surface area (Å²) in [6, 6.07) is 21.5. The molecule has 0 atom stereocenters. The molecule has 0 bridgehead atoms. The topological polar surface area (TPSA) is 46.4 Å². The van der Waals surface area contributed by atoms with Crippen LogP contribution in [0, 0.1) is 6.92 Å². The predicted octanol–water partition coefficient (Wildman–Crippen LogP) is 4.96. The predicted molar refractivity (Wildman–Crippen MR) is 109 cm³/mol. The van der Waals surface area contributed by atoms with Crippen molar-refractivity contribution in [3.8, 4) is 11.3 Å². The average Bonchev–Trinajstić information content (AvgIpc) is 3.14. The number of fused-ring (bicyclic) bond motifs is 1. The summed E-state index contributed by atoms with van der Waals surface area (Å²) >= 11 is 0. The monoisotopic (exact) mass is 353 g/mol. The summed E-state index contributed by atoms with van der Waals surface area (Å²) in [4.78, 5) is 16.8. The van der Waals surface area contributed by atoms with Gasteiger partial charge >= 0.3 is 0 Å². The highest BCUT2D eigenvalue weighted by Gasteiger charge is 2.06. The molecule has 0 spiro atoms. The van der Waals surface area contributed by atoms with Gasteiger partial charge < -0.3 is 9.72 Å². The third kappa shape index (κ3) is 3.80. The Labute approximate surface area is 157 Å². The number of rotatable bonds is 4. The summed E-state index contributed by atoms with van der Waals surface area (Å²) in [5.41, 5.74) is 5.75. The lowest BCUT2D eigenvalue weighted by Crippen LogP contribution is -2.07. The number of anilines is 1. The molecule has 4 heteroatoms. The van der Waals surface area contributed by atoms with E-state index in [-0.39, 0.29) is 5.91 Å². The number of imidazole rings is 1. The fraction of sp³-hybridized carbons (Fsp3) is 0.0435. The summed E-state index contributed by atoms with van der Waals surface area (Å²) in [7, 11) is 0. The Balaban J connectivity index is 1.47. The van der Waals surface area contributed by atoms with Gasteiger partial charge in [0.2, 0.25) is 5.91 Å². The number of pyridine rings is 1. The van der Waals surface area contributed by atoms with Crippen LogP contribution < -0.4 is 5.32 Å². The highest BCUT2D eigenvalue weighted by atomic mass is 16.1. The number of nitrogens with zero attached hydrogens (tertiary/aromatic N) is 2. The van der Waals surface area contributed by atoms with Crippen LogP contribution >= 0.6 is 0 Å². The normalized spacial score (nSPS) is 11.1. The maximum atomic E-state index is 12.1. The number of carbonyl (C=O) groups excluding carboxylic acids is 1. The van der Waals surface area contributed by atoms with Crippen LogP contribution in [0.2, 0.25) is 0 Å². The van der Waals surface area contributed by atoms with E-state index >= 15 is 0 Å². The van der Waals surface area contributed by atoms with Crippen LogP contribution in [0.4, 0.5) is 5.69 Å². The minimum atomic E-state index is -0.157. The van der Waals surface area contributed by atoms with Crippen molar-refractivity contribution in [1.82, 2.24) is 9.38 Å². The smallest absolute Gasteiger partial charge is 0.248 e. The molecule has 0 unspecified atom stereocenters. The molecular formula is C23H19N3O. The molecule has 27 heavy (non-hydrogen) atoms. The summed E-state index contributed by atoms with van der Waals surface area (Å²) in [6.45, 7) is 2.05. The summed E-state index contributed by atoms with van der Waals surface area (Å²) in [5.74, 6) is -0.157. The molecule has 0 saturated heterocycles. The Kier molecular flexibility index (Phi) is 4.54. The van der Waals surface area contributed by atoms with Gasteiger partial charge in [0, 0.05) is 29.7 Å². The molecule has 1 N–H and O–H groups in total. The second-order valence-corrected chi connectivity index (χ2v) is 6.36. The fourth-order valence-electron chi connectivity index (χ4n) is 2.94. The number of benzene rings is 2. The summed E-state index contributed by atoms with van der Waals surface area (Å²) < 4.78 is 2.02. The fourth-order valence-corrected chi connectivity index (χ4v) is 2.94. The van der Waals surface area contributed by atoms with Gasteiger partial charge in [0.1, 0.15) is 5.65 Å². The molecule has 0 aliphatic heterocycles. The lowest BCUT2D eigenvalue weighted by molar-refractivity contribution is -0.111. The number of hydrogen-bond acceptors (Lipinski definition) is 2. The first-order chi connectivity index (χ1) is 13.2. The van der Waals surface area contributed by atoms with E-state index in [9.17, 15) is 4.79 Å². The van der Waals surface area contributed by atoms with Gasteiger partial charge in [-0.05, 0) is 42.3 Å². The molecule has 0 aliphatic carbocycles. The average molecular weight is 353 g/mol. The zero-order valence-electron chi connectivity index (χ0n) is 15.0. The summed E-state index contributed by atoms with van der Waals surface area (Å²) in [5, 5.41) is 2.88. The van der Waals surface area contributed by atoms with E-state index in [2.05, 4.69) is 5.32 Å². The number of amides is 1. The van der Waals surface area contributed by atoms with Crippen molar-refractivity contribution in [2.24, 2.45) is 0 Å². The van der Waals surface area contributed by atoms with Crippen molar-refractivity contribution >= 4 is 23.3 Å². The highest BCUT2D eigenvalue weighted by Crippen LogP contribution is 2.22. The van der Waals surface area contributed by atoms with E-state index in [1.165, 1.54) is 6.08 Å². The van der Waals surface area contributed by atoms with Crippen LogP contribution in [0.25, 0.3) is 23.0 Å². The van der Waals surface area contributed by atoms with Crippen LogP contribution in [-0.2, 0) is 4.79 Å². The molecule has 2 aromatic heterocycles. The molecular weight excluding hydrogens is 334 g/mol. The number of aryl methyl sites for hydroxylation is 1. The molecule has 4 aromatic rings. The zero-order valence-corrected chi connectivity index (χ0v) is 15.0. The summed E-state index contributed by atoms with van der Waals surface area (Å²) in [6.07, 6.45) is 7.34. The minimum Gasteiger partial charge on any atom is -0.323 e. The molecule has 0 saturated carbocycles. The van der Waals surface area contributed by atoms with Crippen LogP contribution in [-0.4, -0.2) is 15.3 Å². The molecule has 2 aromatic carbocycles. The van der Waals surface area contributed by atoms with E-state index in [0.717, 1.165) is 33.7 Å². The lowest BCUT2D eigenvalue weighted by atomic mass is 10.1. The molecule has 132 valence electrons. The van der Waals surface area contributed by atoms with E-state index in [1.807, 2.05) is 90.4 Å². The van der Waals surface area contributed by atoms with Gasteiger partial charge in [-0.2, -0.15) is 0 Å². The Morgan fingerprint density at radius 2 is 1.78 bits per heavy atom. The molecule has 4 rings (SSSR count). The van der Waals surface area contributed by atoms with Gasteiger partial charge in [-0.25, -0.2) is 4.98 Å². The van der Waals surface area contributed by atoms with Crippen LogP contribution in [0.5, 0.6) is 0 Å². The molecule has 0 radical (unpaired) electrons. The first kappa shape index (κ1) is 16.8. The second kappa shape index (κ2) is 7.30. The van der Waals surface area contributed by atoms with Gasteiger partial charge in [0.25, 0.3) is 0 Å². The van der Waals surface area contributed by atoms with Crippen molar-refractivity contribution in [2.45, 2.75) is 6.92 Å². The number of nitrogens with one attached hydrogen (secondary N) is 1. The number of carbonyl (C=O) groups is 1. The lowest BCUT2D eigenvalue weighted by Gasteiger charge is -2.03. The first-order valence-corrected chi connectivity index (χ1v) is 8.78. The van der Waals surface area contributed by atoms with Crippen molar-refractivity contribution in [3.05, 3.63) is 96.3 Å². The third-order valence-corrected chi connectivity index (χ3v) is 4.35. The van der Waals surface area contributed by atoms with Crippen LogP contribution in [0.3, 0.4) is 0 Å². The standard InChI is InChI=1S/C23H19N3O/c1-17-6-5-15-26-16-21(25-23(17)26)19-10-12-20(13-11-19)24-22(27)14-9-18-7-3-2-4-8-18/h2-16H,1H3,(H,24,27). The highest BCUT2D eigenvalue weighted by molar-refractivity contribution is 6.02. The van der Waals surface area contributed by atoms with Gasteiger partial charge in [-0.3, -0.25) is 4.79 Å². The number of aromatic nitrogens is 2. The van der Waals surface area contributed by atoms with Crippen LogP contribution in [0.1, 0.15) is 11.1 Å². The first-order valence-electron chi connectivity index (χ1n) is 8.78. The van der Waals surface area contributed by atoms with Gasteiger partial charge in [0.15, 0.2) is 0 Å². The van der Waals surface area contributed by atoms with Crippen LogP contribution in [0.15, 0.2) is 85.2 Å². The largest absolute Gasteiger partial charge is 0.323 e. The van der Waals surface area contributed by atoms with E-state index in [0.29, 0.717) is 0 Å². The Morgan fingerprint density at radius 3 is 2.52 bits per heavy atom. The van der Waals surface area contributed by atoms with E-state index in [4.69, 9.17) is 4.98 Å². The quantitative estimate of drug-likeness (QED) is 0.527. The Hall–Kier alpha value is -3.66. The van der Waals surface area contributed by atoms with Gasteiger partial charge in [-0.15, -0.1) is 0 Å². The van der Waals surface area contributed by atoms with Crippen molar-refractivity contribution < 1.29 is 4.79 Å². The second-order valence-electron chi connectivity index (χ2n) is 6.36. The van der Waals surface area contributed by atoms with E-state index in [1.54, 1.807) is 6.08 Å². The molecule has 1 amide bonds. The molecule has 0 fully saturated rings. The maximum absolute atomic E-state index is 12.1. The Bertz CT molecular complexity index is 1110. The van der Waals surface area contributed by atoms with E-state index < -0.39 is 0 Å². The molecule has 4 nitrogen and oxygen atoms in total. The van der Waals surface area contributed by atoms with Gasteiger partial charge in [-0.1, -0.05) is 48.5 Å². The van der Waals surface area contributed by atoms with Crippen molar-refractivity contribution in [3.63, 3.8) is 0 Å². The molecule has 2 heterocycles. The minimum absolute atomic E-state index is 0.157. The third-order valence-electron chi connectivity index (χ3n) is 4.35. The number of hydrogen-bond donors (Lipinski definition) is 1. The van der Waals surface area contributed by atoms with Crippen molar-refractivity contribution in [1.29, 1.82) is 0 Å². The zero-order chi connectivity index (χ0) is 18.6. The van der Waals surface area contributed by atoms with Crippen molar-refractivity contribution in [2.75, 3.05) is 5.32 Å². The molecule has 0 aliphatic rings. The Morgan fingerprint density at radius 1 is 1.00 bits per heavy atom.